The summed E-state index contributed by atoms with van der Waals surface area (Å²) >= 11 is 0. The van der Waals surface area contributed by atoms with Gasteiger partial charge in [0.15, 0.2) is 0 Å². The van der Waals surface area contributed by atoms with E-state index in [2.05, 4.69) is 4.99 Å². The molecule has 0 radical (unpaired) electrons. The van der Waals surface area contributed by atoms with Crippen LogP contribution < -0.4 is 0 Å². The molecule has 21 heavy (non-hydrogen) atoms. The molecule has 0 amide bonds. The van der Waals surface area contributed by atoms with E-state index in [1.165, 1.54) is 6.07 Å². The van der Waals surface area contributed by atoms with Crippen LogP contribution in [-0.4, -0.2) is 18.9 Å². The second kappa shape index (κ2) is 5.23. The summed E-state index contributed by atoms with van der Waals surface area (Å²) in [7, 11) is 1.74. The van der Waals surface area contributed by atoms with E-state index in [9.17, 15) is 4.39 Å². The number of benzene rings is 1. The largest absolute Gasteiger partial charge is 0.381 e. The summed E-state index contributed by atoms with van der Waals surface area (Å²) in [5.41, 5.74) is 3.23. The molecule has 3 nitrogen and oxygen atoms in total. The number of hydrogen-bond donors (Lipinski definition) is 0. The lowest BCUT2D eigenvalue weighted by atomic mass is 9.70. The molecule has 1 spiro atoms. The molecule has 0 unspecified atom stereocenters. The fourth-order valence-corrected chi connectivity index (χ4v) is 3.95. The number of methoxy groups -OCH3 is 1. The van der Waals surface area contributed by atoms with Crippen molar-refractivity contribution in [2.75, 3.05) is 7.11 Å². The van der Waals surface area contributed by atoms with Crippen molar-refractivity contribution in [3.05, 3.63) is 34.6 Å². The van der Waals surface area contributed by atoms with Crippen molar-refractivity contribution >= 4 is 5.71 Å². The average Bonchev–Trinajstić information content (AvgIpc) is 2.80. The SMILES string of the molecule is COC1CCC2(CC1)Cc1c(F)ccc(C)c1C2=NC#N. The minimum Gasteiger partial charge on any atom is -0.381 e. The molecule has 1 aromatic rings. The number of nitrogens with zero attached hydrogens (tertiary/aromatic N) is 2. The highest BCUT2D eigenvalue weighted by Gasteiger charge is 2.47. The second-order valence-electron chi connectivity index (χ2n) is 6.17. The smallest absolute Gasteiger partial charge is 0.205 e. The Bertz CT molecular complexity index is 637. The molecule has 2 aliphatic rings. The van der Waals surface area contributed by atoms with Crippen LogP contribution in [0.15, 0.2) is 17.1 Å². The van der Waals surface area contributed by atoms with Gasteiger partial charge in [-0.1, -0.05) is 6.07 Å². The van der Waals surface area contributed by atoms with Crippen molar-refractivity contribution in [2.45, 2.75) is 45.1 Å². The Morgan fingerprint density at radius 1 is 1.38 bits per heavy atom. The number of rotatable bonds is 1. The van der Waals surface area contributed by atoms with Crippen LogP contribution >= 0.6 is 0 Å². The summed E-state index contributed by atoms with van der Waals surface area (Å²) < 4.78 is 19.6. The molecule has 2 aliphatic carbocycles. The zero-order chi connectivity index (χ0) is 15.0. The van der Waals surface area contributed by atoms with Crippen molar-refractivity contribution in [1.29, 1.82) is 5.26 Å². The number of halogens is 1. The molecule has 3 rings (SSSR count). The highest BCUT2D eigenvalue weighted by molar-refractivity contribution is 6.10. The Morgan fingerprint density at radius 2 is 2.10 bits per heavy atom. The van der Waals surface area contributed by atoms with E-state index < -0.39 is 0 Å². The lowest BCUT2D eigenvalue weighted by molar-refractivity contribution is 0.0467. The maximum Gasteiger partial charge on any atom is 0.205 e. The van der Waals surface area contributed by atoms with E-state index in [-0.39, 0.29) is 17.3 Å². The average molecular weight is 286 g/mol. The molecule has 0 atom stereocenters. The summed E-state index contributed by atoms with van der Waals surface area (Å²) in [6.07, 6.45) is 6.54. The molecular formula is C17H19FN2O. The van der Waals surface area contributed by atoms with E-state index in [0.717, 1.165) is 48.1 Å². The lowest BCUT2D eigenvalue weighted by Crippen LogP contribution is -2.36. The monoisotopic (exact) mass is 286 g/mol. The minimum atomic E-state index is -0.181. The first-order valence-corrected chi connectivity index (χ1v) is 7.40. The molecule has 1 fully saturated rings. The number of fused-ring (bicyclic) bond motifs is 1. The van der Waals surface area contributed by atoms with Crippen molar-refractivity contribution in [2.24, 2.45) is 10.4 Å². The Kier molecular flexibility index (Phi) is 3.54. The standard InChI is InChI=1S/C17H19FN2O/c1-11-3-4-14(18)13-9-17(16(15(11)13)20-10-19)7-5-12(21-2)6-8-17/h3-4,12H,5-9H2,1-2H3. The summed E-state index contributed by atoms with van der Waals surface area (Å²) in [6, 6.07) is 3.30. The van der Waals surface area contributed by atoms with Gasteiger partial charge in [0, 0.05) is 18.1 Å². The topological polar surface area (TPSA) is 45.4 Å². The van der Waals surface area contributed by atoms with E-state index in [1.807, 2.05) is 13.1 Å². The van der Waals surface area contributed by atoms with Crippen molar-refractivity contribution in [3.63, 3.8) is 0 Å². The quantitative estimate of drug-likeness (QED) is 0.741. The van der Waals surface area contributed by atoms with Gasteiger partial charge in [0.1, 0.15) is 5.82 Å². The van der Waals surface area contributed by atoms with E-state index >= 15 is 0 Å². The number of nitriles is 1. The Morgan fingerprint density at radius 3 is 2.71 bits per heavy atom. The van der Waals surface area contributed by atoms with Crippen molar-refractivity contribution in [1.82, 2.24) is 0 Å². The molecular weight excluding hydrogens is 267 g/mol. The maximum absolute atomic E-state index is 14.2. The molecule has 0 aliphatic heterocycles. The fraction of sp³-hybridized carbons (Fsp3) is 0.529. The maximum atomic E-state index is 14.2. The van der Waals surface area contributed by atoms with Crippen LogP contribution in [0.4, 0.5) is 4.39 Å². The Balaban J connectivity index is 2.07. The molecule has 0 aromatic heterocycles. The van der Waals surface area contributed by atoms with Gasteiger partial charge in [-0.15, -0.1) is 0 Å². The zero-order valence-electron chi connectivity index (χ0n) is 12.4. The number of ether oxygens (including phenoxy) is 1. The molecule has 1 saturated carbocycles. The summed E-state index contributed by atoms with van der Waals surface area (Å²) in [5.74, 6) is -0.174. The Labute approximate surface area is 124 Å². The van der Waals surface area contributed by atoms with Crippen LogP contribution in [-0.2, 0) is 11.2 Å². The highest BCUT2D eigenvalue weighted by Crippen LogP contribution is 2.49. The van der Waals surface area contributed by atoms with Crippen LogP contribution in [0.5, 0.6) is 0 Å². The summed E-state index contributed by atoms with van der Waals surface area (Å²) in [5, 5.41) is 9.07. The minimum absolute atomic E-state index is 0.174. The van der Waals surface area contributed by atoms with Crippen LogP contribution in [0.3, 0.4) is 0 Å². The molecule has 4 heteroatoms. The van der Waals surface area contributed by atoms with Gasteiger partial charge in [0.25, 0.3) is 0 Å². The number of aryl methyl sites for hydroxylation is 1. The number of aliphatic imine (C=N–C) groups is 1. The van der Waals surface area contributed by atoms with E-state index in [0.29, 0.717) is 6.42 Å². The molecule has 0 bridgehead atoms. The Hall–Kier alpha value is -1.73. The first kappa shape index (κ1) is 14.2. The first-order valence-electron chi connectivity index (χ1n) is 7.40. The van der Waals surface area contributed by atoms with E-state index in [4.69, 9.17) is 10.00 Å². The van der Waals surface area contributed by atoms with Crippen LogP contribution in [0.25, 0.3) is 0 Å². The van der Waals surface area contributed by atoms with Crippen LogP contribution in [0, 0.1) is 29.6 Å². The van der Waals surface area contributed by atoms with Gasteiger partial charge >= 0.3 is 0 Å². The van der Waals surface area contributed by atoms with Crippen LogP contribution in [0.2, 0.25) is 0 Å². The van der Waals surface area contributed by atoms with Crippen LogP contribution in [0.1, 0.15) is 42.4 Å². The molecule has 0 saturated heterocycles. The zero-order valence-corrected chi connectivity index (χ0v) is 12.4. The first-order chi connectivity index (χ1) is 10.1. The van der Waals surface area contributed by atoms with Gasteiger partial charge in [-0.05, 0) is 56.2 Å². The predicted molar refractivity (Wildman–Crippen MR) is 78.7 cm³/mol. The predicted octanol–water partition coefficient (Wildman–Crippen LogP) is 3.54. The molecule has 0 N–H and O–H groups in total. The van der Waals surface area contributed by atoms with Gasteiger partial charge in [0.05, 0.1) is 11.8 Å². The van der Waals surface area contributed by atoms with Gasteiger partial charge in [-0.25, -0.2) is 4.39 Å². The molecule has 0 heterocycles. The number of hydrogen-bond acceptors (Lipinski definition) is 3. The summed E-state index contributed by atoms with van der Waals surface area (Å²) in [4.78, 5) is 4.11. The lowest BCUT2D eigenvalue weighted by Gasteiger charge is -2.37. The third-order valence-electron chi connectivity index (χ3n) is 5.10. The normalized spacial score (nSPS) is 29.6. The highest BCUT2D eigenvalue weighted by atomic mass is 19.1. The van der Waals surface area contributed by atoms with Gasteiger partial charge < -0.3 is 4.74 Å². The van der Waals surface area contributed by atoms with Gasteiger partial charge in [-0.3, -0.25) is 0 Å². The molecule has 1 aromatic carbocycles. The molecule has 110 valence electrons. The van der Waals surface area contributed by atoms with Gasteiger partial charge in [-0.2, -0.15) is 10.3 Å². The fourth-order valence-electron chi connectivity index (χ4n) is 3.95. The van der Waals surface area contributed by atoms with Crippen molar-refractivity contribution in [3.8, 4) is 6.19 Å². The summed E-state index contributed by atoms with van der Waals surface area (Å²) in [6.45, 7) is 1.96. The second-order valence-corrected chi connectivity index (χ2v) is 6.17. The van der Waals surface area contributed by atoms with E-state index in [1.54, 1.807) is 13.2 Å². The third-order valence-corrected chi connectivity index (χ3v) is 5.10. The third kappa shape index (κ3) is 2.16. The van der Waals surface area contributed by atoms with Crippen molar-refractivity contribution < 1.29 is 9.13 Å². The van der Waals surface area contributed by atoms with Gasteiger partial charge in [0.2, 0.25) is 6.19 Å².